The van der Waals surface area contributed by atoms with Crippen molar-refractivity contribution >= 4 is 17.3 Å². The Balaban J connectivity index is 0.000000482. The first-order valence-electron chi connectivity index (χ1n) is 20.4. The molecule has 4 aromatic rings. The fraction of sp³-hybridized carbons (Fsp3) is 0.489. The summed E-state index contributed by atoms with van der Waals surface area (Å²) in [6, 6.07) is 25.8. The lowest BCUT2D eigenvalue weighted by Crippen LogP contribution is -2.48. The minimum absolute atomic E-state index is 0.296. The smallest absolute Gasteiger partial charge is 0.141 e. The van der Waals surface area contributed by atoms with Gasteiger partial charge < -0.3 is 30.9 Å². The molecule has 3 aromatic carbocycles. The van der Waals surface area contributed by atoms with Crippen molar-refractivity contribution in [2.75, 3.05) is 63.4 Å². The molecule has 0 spiro atoms. The van der Waals surface area contributed by atoms with Crippen molar-refractivity contribution in [1.82, 2.24) is 25.1 Å². The first-order chi connectivity index (χ1) is 26.4. The van der Waals surface area contributed by atoms with Gasteiger partial charge in [0.15, 0.2) is 0 Å². The standard InChI is InChI=1S/C31H40N8O.C8H10.3C2H6/c32-29(24-6-8-27(9-7-24)40-26-4-2-1-3-5-26)28-30(33)35-21-36-31(28)37-25-11-14-38(15-12-25)18-22-10-13-39(19-22)20-23-16-34-17-23;1-7-5-3-4-6-8(7)2;3*1-2/h1-9,21-23,25,32,34H,10-20H2,(H3,33,35,36,37);3-6H,1-2H3;3*1-2H3. The first kappa shape index (κ1) is 44.1. The molecular formula is C45H68N8O. The fourth-order valence-corrected chi connectivity index (χ4v) is 6.77. The van der Waals surface area contributed by atoms with Gasteiger partial charge >= 0.3 is 0 Å². The van der Waals surface area contributed by atoms with E-state index in [0.29, 0.717) is 34.7 Å². The molecule has 3 saturated heterocycles. The van der Waals surface area contributed by atoms with Crippen LogP contribution in [0.5, 0.6) is 11.5 Å². The van der Waals surface area contributed by atoms with E-state index >= 15 is 0 Å². The molecule has 5 N–H and O–H groups in total. The molecule has 4 heterocycles. The van der Waals surface area contributed by atoms with Gasteiger partial charge in [0.2, 0.25) is 0 Å². The molecule has 54 heavy (non-hydrogen) atoms. The van der Waals surface area contributed by atoms with E-state index in [1.807, 2.05) is 96.1 Å². The number of para-hydroxylation sites is 1. The highest BCUT2D eigenvalue weighted by molar-refractivity contribution is 6.16. The third-order valence-electron chi connectivity index (χ3n) is 9.87. The first-order valence-corrected chi connectivity index (χ1v) is 20.4. The maximum atomic E-state index is 8.94. The van der Waals surface area contributed by atoms with Crippen LogP contribution in [0.2, 0.25) is 0 Å². The van der Waals surface area contributed by atoms with Crippen LogP contribution in [0.1, 0.15) is 83.1 Å². The van der Waals surface area contributed by atoms with Gasteiger partial charge in [0.05, 0.1) is 11.3 Å². The lowest BCUT2D eigenvalue weighted by Gasteiger charge is -2.34. The minimum atomic E-state index is 0.296. The quantitative estimate of drug-likeness (QED) is 0.119. The summed E-state index contributed by atoms with van der Waals surface area (Å²) in [6.45, 7) is 25.8. The van der Waals surface area contributed by atoms with Gasteiger partial charge in [-0.1, -0.05) is 84.0 Å². The largest absolute Gasteiger partial charge is 0.457 e. The van der Waals surface area contributed by atoms with E-state index in [-0.39, 0.29) is 0 Å². The summed E-state index contributed by atoms with van der Waals surface area (Å²) in [7, 11) is 0. The Labute approximate surface area is 326 Å². The number of benzene rings is 3. The van der Waals surface area contributed by atoms with Crippen molar-refractivity contribution in [2.45, 2.75) is 80.7 Å². The fourth-order valence-electron chi connectivity index (χ4n) is 6.77. The SMILES string of the molecule is CC.CC.CC.Cc1ccccc1C.N=C(c1ccc(Oc2ccccc2)cc1)c1c(N)ncnc1NC1CCN(CC2CCN(CC3CNC3)C2)CC1. The highest BCUT2D eigenvalue weighted by atomic mass is 16.5. The van der Waals surface area contributed by atoms with Gasteiger partial charge in [-0.2, -0.15) is 0 Å². The van der Waals surface area contributed by atoms with Gasteiger partial charge in [0, 0.05) is 57.4 Å². The zero-order valence-electron chi connectivity index (χ0n) is 34.4. The van der Waals surface area contributed by atoms with Crippen LogP contribution in [-0.2, 0) is 0 Å². The van der Waals surface area contributed by atoms with Gasteiger partial charge in [-0.3, -0.25) is 5.41 Å². The monoisotopic (exact) mass is 737 g/mol. The van der Waals surface area contributed by atoms with Crippen molar-refractivity contribution in [1.29, 1.82) is 5.41 Å². The number of nitrogen functional groups attached to an aromatic ring is 1. The van der Waals surface area contributed by atoms with Crippen molar-refractivity contribution < 1.29 is 4.74 Å². The second-order valence-electron chi connectivity index (χ2n) is 13.5. The topological polar surface area (TPSA) is 115 Å². The van der Waals surface area contributed by atoms with Gasteiger partial charge in [-0.15, -0.1) is 0 Å². The molecule has 0 bridgehead atoms. The Morgan fingerprint density at radius 2 is 1.30 bits per heavy atom. The second-order valence-corrected chi connectivity index (χ2v) is 13.5. The summed E-state index contributed by atoms with van der Waals surface area (Å²) in [5.74, 6) is 4.08. The molecule has 7 rings (SSSR count). The number of anilines is 2. The predicted octanol–water partition coefficient (Wildman–Crippen LogP) is 9.07. The summed E-state index contributed by atoms with van der Waals surface area (Å²) >= 11 is 0. The number of likely N-dealkylation sites (tertiary alicyclic amines) is 2. The Morgan fingerprint density at radius 1 is 0.741 bits per heavy atom. The average molecular weight is 737 g/mol. The van der Waals surface area contributed by atoms with Gasteiger partial charge in [0.1, 0.15) is 29.5 Å². The van der Waals surface area contributed by atoms with Gasteiger partial charge in [-0.25, -0.2) is 9.97 Å². The number of aromatic nitrogens is 2. The van der Waals surface area contributed by atoms with E-state index in [9.17, 15) is 0 Å². The van der Waals surface area contributed by atoms with Crippen molar-refractivity contribution in [2.24, 2.45) is 11.8 Å². The summed E-state index contributed by atoms with van der Waals surface area (Å²) in [6.07, 6.45) is 4.90. The average Bonchev–Trinajstić information content (AvgIpc) is 3.65. The Hall–Kier alpha value is -4.31. The number of nitrogens with one attached hydrogen (secondary N) is 3. The van der Waals surface area contributed by atoms with Crippen LogP contribution in [0.25, 0.3) is 0 Å². The Morgan fingerprint density at radius 3 is 1.87 bits per heavy atom. The molecule has 3 fully saturated rings. The number of rotatable bonds is 10. The second kappa shape index (κ2) is 24.2. The number of nitrogens with zero attached hydrogens (tertiary/aromatic N) is 4. The molecule has 294 valence electrons. The molecule has 9 nitrogen and oxygen atoms in total. The van der Waals surface area contributed by atoms with Crippen molar-refractivity contribution in [3.05, 3.63) is 107 Å². The van der Waals surface area contributed by atoms with Crippen LogP contribution in [0.4, 0.5) is 11.6 Å². The lowest BCUT2D eigenvalue weighted by molar-refractivity contribution is 0.178. The van der Waals surface area contributed by atoms with E-state index in [0.717, 1.165) is 49.1 Å². The predicted molar refractivity (Wildman–Crippen MR) is 229 cm³/mol. The number of piperidine rings is 1. The number of nitrogens with two attached hydrogens (primary N) is 1. The van der Waals surface area contributed by atoms with E-state index in [4.69, 9.17) is 15.9 Å². The van der Waals surface area contributed by atoms with Gasteiger partial charge in [-0.05, 0) is 99.0 Å². The number of aryl methyl sites for hydroxylation is 2. The number of hydrogen-bond acceptors (Lipinski definition) is 9. The van der Waals surface area contributed by atoms with Gasteiger partial charge in [0.25, 0.3) is 0 Å². The molecule has 0 aliphatic carbocycles. The highest BCUT2D eigenvalue weighted by Crippen LogP contribution is 2.27. The van der Waals surface area contributed by atoms with E-state index in [1.54, 1.807) is 0 Å². The van der Waals surface area contributed by atoms with E-state index in [2.05, 4.69) is 68.5 Å². The molecule has 1 atom stereocenters. The Bertz CT molecular complexity index is 1600. The van der Waals surface area contributed by atoms with Crippen LogP contribution in [0.3, 0.4) is 0 Å². The minimum Gasteiger partial charge on any atom is -0.457 e. The van der Waals surface area contributed by atoms with E-state index in [1.165, 1.54) is 63.1 Å². The molecule has 3 aliphatic heterocycles. The normalized spacial score (nSPS) is 17.1. The molecule has 1 unspecified atom stereocenters. The van der Waals surface area contributed by atoms with Crippen LogP contribution < -0.4 is 21.1 Å². The van der Waals surface area contributed by atoms with E-state index < -0.39 is 0 Å². The molecule has 9 heteroatoms. The highest BCUT2D eigenvalue weighted by Gasteiger charge is 2.29. The molecule has 0 saturated carbocycles. The molecule has 0 radical (unpaired) electrons. The molecule has 0 amide bonds. The molecular weight excluding hydrogens is 669 g/mol. The molecule has 1 aromatic heterocycles. The maximum Gasteiger partial charge on any atom is 0.141 e. The zero-order chi connectivity index (χ0) is 39.3. The number of hydrogen-bond donors (Lipinski definition) is 4. The Kier molecular flexibility index (Phi) is 19.7. The molecule has 3 aliphatic rings. The van der Waals surface area contributed by atoms with Crippen LogP contribution in [0.15, 0.2) is 85.2 Å². The zero-order valence-corrected chi connectivity index (χ0v) is 34.4. The van der Waals surface area contributed by atoms with Crippen LogP contribution in [-0.4, -0.2) is 83.9 Å². The summed E-state index contributed by atoms with van der Waals surface area (Å²) in [5.41, 5.74) is 10.6. The maximum absolute atomic E-state index is 8.94. The third kappa shape index (κ3) is 13.5. The number of ether oxygens (including phenoxy) is 1. The van der Waals surface area contributed by atoms with Crippen LogP contribution >= 0.6 is 0 Å². The summed E-state index contributed by atoms with van der Waals surface area (Å²) < 4.78 is 5.90. The summed E-state index contributed by atoms with van der Waals surface area (Å²) in [4.78, 5) is 14.0. The van der Waals surface area contributed by atoms with Crippen LogP contribution in [0, 0.1) is 31.1 Å². The third-order valence-corrected chi connectivity index (χ3v) is 9.87. The lowest BCUT2D eigenvalue weighted by atomic mass is 10.00. The van der Waals surface area contributed by atoms with Crippen molar-refractivity contribution in [3.8, 4) is 11.5 Å². The van der Waals surface area contributed by atoms with Crippen molar-refractivity contribution in [3.63, 3.8) is 0 Å². The summed E-state index contributed by atoms with van der Waals surface area (Å²) in [5, 5.41) is 15.9.